The lowest BCUT2D eigenvalue weighted by atomic mass is 9.50. The third kappa shape index (κ3) is 25.0. The maximum atomic E-state index is 13.5. The van der Waals surface area contributed by atoms with E-state index in [1.54, 1.807) is 42.5 Å². The zero-order valence-corrected chi connectivity index (χ0v) is 86.1. The molecule has 2 heterocycles. The van der Waals surface area contributed by atoms with E-state index in [1.165, 1.54) is 126 Å². The highest BCUT2D eigenvalue weighted by Crippen LogP contribution is 2.60. The van der Waals surface area contributed by atoms with Crippen LogP contribution in [0.5, 0.6) is 23.0 Å². The number of hydrogen-bond donors (Lipinski definition) is 0. The maximum absolute atomic E-state index is 13.5. The Hall–Kier alpha value is -12.6. The van der Waals surface area contributed by atoms with Gasteiger partial charge in [0.05, 0.1) is 65.8 Å². The van der Waals surface area contributed by atoms with Crippen molar-refractivity contribution in [3.05, 3.63) is 443 Å². The molecule has 15 aromatic carbocycles. The van der Waals surface area contributed by atoms with E-state index in [0.29, 0.717) is 79.3 Å². The van der Waals surface area contributed by atoms with Crippen LogP contribution in [0, 0.1) is 72.1 Å². The van der Waals surface area contributed by atoms with Gasteiger partial charge in [-0.3, -0.25) is 4.79 Å². The molecule has 6 aliphatic rings. The van der Waals surface area contributed by atoms with E-state index in [4.69, 9.17) is 23.7 Å². The van der Waals surface area contributed by atoms with E-state index >= 15 is 0 Å². The molecule has 6 fully saturated rings. The number of carbonyl (C=O) groups excluding carboxylic acids is 6. The quantitative estimate of drug-likeness (QED) is 0.0221. The number of ketones is 1. The Morgan fingerprint density at radius 2 is 0.525 bits per heavy atom. The minimum absolute atomic E-state index is 0.116. The van der Waals surface area contributed by atoms with Crippen LogP contribution < -0.4 is 18.9 Å². The normalized spacial score (nSPS) is 16.7. The summed E-state index contributed by atoms with van der Waals surface area (Å²) in [6, 6.07) is 125. The first-order chi connectivity index (χ1) is 68.6. The van der Waals surface area contributed by atoms with Crippen LogP contribution in [0.1, 0.15) is 155 Å². The van der Waals surface area contributed by atoms with Gasteiger partial charge >= 0.3 is 29.8 Å². The van der Waals surface area contributed by atoms with Crippen LogP contribution >= 0.6 is 0 Å². The van der Waals surface area contributed by atoms with Crippen LogP contribution in [-0.4, -0.2) is 75.7 Å². The molecule has 4 saturated carbocycles. The van der Waals surface area contributed by atoms with Crippen molar-refractivity contribution in [2.75, 3.05) is 34.5 Å². The summed E-state index contributed by atoms with van der Waals surface area (Å²) in [5.41, 5.74) is 8.02. The highest BCUT2D eigenvalue weighted by Gasteiger charge is 2.57. The largest absolute Gasteiger partial charge is 0.455 e. The van der Waals surface area contributed by atoms with Crippen molar-refractivity contribution in [2.45, 2.75) is 178 Å². The molecule has 0 unspecified atom stereocenters. The van der Waals surface area contributed by atoms with Gasteiger partial charge in [0.2, 0.25) is 11.5 Å². The SMILES string of the molecule is CC1(OC(=O)C[S+]2CCCC2)C2CC3CC(C2)CC1C3.Cc1cc([S+](c2ccccc2)c2ccccc2)cc(C)c1OC(=O)c1ccc(C(=O)Oc2c(C)cc([S+](c3ccccc3)c3ccccc3)cc2C)cc1.Cc1cc([S+](c2ccccc2)c2ccccc2)ccc1OC(=O)c1cccc(C(=O)Oc2c(C)cc([S+](c3ccccc3)c3ccccc3)cc2C)c1.O=C(C[S+]1CCCC1)c1ccccc1. The highest BCUT2D eigenvalue weighted by atomic mass is 32.2. The summed E-state index contributed by atoms with van der Waals surface area (Å²) < 4.78 is 30.0. The molecular formula is C124H120O11S6+6. The van der Waals surface area contributed by atoms with Gasteiger partial charge in [0.25, 0.3) is 0 Å². The number of carbonyl (C=O) groups is 6. The zero-order chi connectivity index (χ0) is 97.9. The van der Waals surface area contributed by atoms with Gasteiger partial charge in [-0.1, -0.05) is 182 Å². The van der Waals surface area contributed by atoms with Gasteiger partial charge in [0.1, 0.15) is 51.6 Å². The molecule has 17 heteroatoms. The molecule has 4 aliphatic carbocycles. The fourth-order valence-corrected chi connectivity index (χ4v) is 33.3. The molecule has 141 heavy (non-hydrogen) atoms. The van der Waals surface area contributed by atoms with Gasteiger partial charge in [-0.25, -0.2) is 24.0 Å². The Labute approximate surface area is 848 Å². The monoisotopic (exact) mass is 1980 g/mol. The van der Waals surface area contributed by atoms with Crippen LogP contribution in [0.4, 0.5) is 0 Å². The average molecular weight is 1980 g/mol. The van der Waals surface area contributed by atoms with Gasteiger partial charge < -0.3 is 23.7 Å². The fraction of sp³-hybridized carbons (Fsp3) is 0.226. The predicted octanol–water partition coefficient (Wildman–Crippen LogP) is 28.2. The molecule has 11 nitrogen and oxygen atoms in total. The van der Waals surface area contributed by atoms with Crippen molar-refractivity contribution in [2.24, 2.45) is 23.7 Å². The van der Waals surface area contributed by atoms with E-state index in [1.807, 2.05) is 139 Å². The second-order valence-electron chi connectivity index (χ2n) is 37.0. The molecule has 21 rings (SSSR count). The molecular weight excluding hydrogens is 1860 g/mol. The Morgan fingerprint density at radius 1 is 0.262 bits per heavy atom. The molecule has 0 atom stereocenters. The van der Waals surface area contributed by atoms with E-state index in [0.717, 1.165) is 81.7 Å². The molecule has 4 bridgehead atoms. The minimum Gasteiger partial charge on any atom is -0.455 e. The van der Waals surface area contributed by atoms with Gasteiger partial charge in [-0.2, -0.15) is 0 Å². The van der Waals surface area contributed by atoms with Crippen molar-refractivity contribution in [3.8, 4) is 23.0 Å². The number of esters is 5. The van der Waals surface area contributed by atoms with Gasteiger partial charge in [-0.05, 0) is 349 Å². The molecule has 0 aromatic heterocycles. The van der Waals surface area contributed by atoms with Crippen molar-refractivity contribution in [1.82, 2.24) is 0 Å². The smallest absolute Gasteiger partial charge is 0.356 e. The number of ether oxygens (including phenoxy) is 5. The van der Waals surface area contributed by atoms with Gasteiger partial charge in [0, 0.05) is 48.0 Å². The third-order valence-electron chi connectivity index (χ3n) is 26.8. The first-order valence-electron chi connectivity index (χ1n) is 48.6. The van der Waals surface area contributed by atoms with E-state index in [2.05, 4.69) is 244 Å². The number of hydrogen-bond acceptors (Lipinski definition) is 11. The van der Waals surface area contributed by atoms with E-state index < -0.39 is 23.9 Å². The maximum Gasteiger partial charge on any atom is 0.356 e. The first kappa shape index (κ1) is 100.0. The summed E-state index contributed by atoms with van der Waals surface area (Å²) in [7, 11) is -0.565. The predicted molar refractivity (Wildman–Crippen MR) is 577 cm³/mol. The zero-order valence-electron chi connectivity index (χ0n) is 81.2. The Bertz CT molecular complexity index is 6400. The van der Waals surface area contributed by atoms with Crippen molar-refractivity contribution >= 4 is 101 Å². The van der Waals surface area contributed by atoms with Crippen LogP contribution in [0.3, 0.4) is 0 Å². The molecule has 0 N–H and O–H groups in total. The molecule has 15 aromatic rings. The van der Waals surface area contributed by atoms with Crippen LogP contribution in [0.25, 0.3) is 0 Å². The van der Waals surface area contributed by atoms with Gasteiger partial charge in [0.15, 0.2) is 64.5 Å². The lowest BCUT2D eigenvalue weighted by molar-refractivity contribution is -0.200. The van der Waals surface area contributed by atoms with Crippen molar-refractivity contribution in [3.63, 3.8) is 0 Å². The molecule has 0 radical (unpaired) electrons. The van der Waals surface area contributed by atoms with Gasteiger partial charge in [-0.15, -0.1) is 0 Å². The lowest BCUT2D eigenvalue weighted by Crippen LogP contribution is -2.58. The molecule has 2 aliphatic heterocycles. The first-order valence-corrected chi connectivity index (χ1v) is 57.0. The molecule has 0 spiro atoms. The number of rotatable bonds is 26. The molecule has 2 saturated heterocycles. The molecule has 0 amide bonds. The highest BCUT2D eigenvalue weighted by molar-refractivity contribution is 7.98. The van der Waals surface area contributed by atoms with Crippen LogP contribution in [-0.2, 0) is 74.9 Å². The number of Topliss-reactive ketones (excluding diaryl/α,β-unsaturated/α-hetero) is 1. The topological polar surface area (TPSA) is 149 Å². The Kier molecular flexibility index (Phi) is 33.6. The van der Waals surface area contributed by atoms with E-state index in [9.17, 15) is 28.8 Å². The second-order valence-corrected chi connectivity index (χ2v) is 49.8. The van der Waals surface area contributed by atoms with Crippen molar-refractivity contribution in [1.29, 1.82) is 0 Å². The Morgan fingerprint density at radius 3 is 0.830 bits per heavy atom. The molecule has 712 valence electrons. The summed E-state index contributed by atoms with van der Waals surface area (Å²) >= 11 is 0. The second kappa shape index (κ2) is 47.3. The summed E-state index contributed by atoms with van der Waals surface area (Å²) in [5.74, 6) is 10.2. The summed E-state index contributed by atoms with van der Waals surface area (Å²) in [4.78, 5) is 92.2. The Balaban J connectivity index is 0.000000146. The third-order valence-corrected chi connectivity index (χ3v) is 40.4. The number of aryl methyl sites for hydroxylation is 7. The van der Waals surface area contributed by atoms with E-state index in [-0.39, 0.29) is 66.3 Å². The average Bonchev–Trinajstić information content (AvgIpc) is 0.895. The number of benzene rings is 15. The lowest BCUT2D eigenvalue weighted by Gasteiger charge is -2.58. The fourth-order valence-electron chi connectivity index (χ4n) is 20.0. The standard InChI is InChI=1S/C48H40O4S2.C47H38O4S2.C17H27O2S.C12H15OS/c1-33-29-43(53(39-17-9-5-10-18-39)40-19-11-6-12-20-40)30-34(2)45(33)51-47(49)37-25-27-38(28-26-37)48(50)52-46-35(3)31-44(32-36(46)4)54(41-21-13-7-14-22-41)42-23-15-8-16-24-42;1-33-29-42(52(38-19-8-4-9-20-38)39-21-10-5-11-22-39)27-28-44(33)50-46(48)36-17-16-18-37(32-36)47(49)51-45-34(2)30-43(31-35(45)3)53(40-23-12-6-13-24-40)41-25-14-7-15-26-41;1-17(19-16(18)11-20-4-2-3-5-20)14-7-12-6-13(9-14)10-15(17)8-12;13-12(10-14-8-4-5-9-14)11-6-2-1-3-7-11/h5-32H,1-4H3;4-32H,1-3H3;12-15H,2-11H2,1H3;1-3,6-7H,4-5,8-10H2/q2*+2;2*+1. The van der Waals surface area contributed by atoms with Crippen LogP contribution in [0.2, 0.25) is 0 Å². The summed E-state index contributed by atoms with van der Waals surface area (Å²) in [5, 5.41) is 0. The van der Waals surface area contributed by atoms with Crippen LogP contribution in [0.15, 0.2) is 435 Å². The summed E-state index contributed by atoms with van der Waals surface area (Å²) in [6.45, 7) is 16.0. The van der Waals surface area contributed by atoms with Crippen molar-refractivity contribution < 1.29 is 52.5 Å². The summed E-state index contributed by atoms with van der Waals surface area (Å²) in [6.07, 6.45) is 12.0. The minimum atomic E-state index is -0.550.